The van der Waals surface area contributed by atoms with Crippen molar-refractivity contribution >= 4 is 11.9 Å². The molecule has 26 heavy (non-hydrogen) atoms. The molecule has 152 valence electrons. The summed E-state index contributed by atoms with van der Waals surface area (Å²) in [4.78, 5) is 24.2. The molecule has 2 N–H and O–H groups in total. The summed E-state index contributed by atoms with van der Waals surface area (Å²) in [5.41, 5.74) is 0. The van der Waals surface area contributed by atoms with Crippen LogP contribution < -0.4 is 0 Å². The highest BCUT2D eigenvalue weighted by atomic mass is 16.6. The van der Waals surface area contributed by atoms with Crippen LogP contribution in [0.4, 0.5) is 0 Å². The molecule has 0 aliphatic carbocycles. The molecule has 0 saturated carbocycles. The van der Waals surface area contributed by atoms with Crippen molar-refractivity contribution in [2.75, 3.05) is 0 Å². The Morgan fingerprint density at radius 1 is 0.769 bits per heavy atom. The number of carbonyl (C=O) groups excluding carboxylic acids is 2. The van der Waals surface area contributed by atoms with Crippen LogP contribution in [0.25, 0.3) is 0 Å². The Balaban J connectivity index is 2.70. The van der Waals surface area contributed by atoms with E-state index < -0.39 is 36.4 Å². The van der Waals surface area contributed by atoms with Crippen LogP contribution in [0.2, 0.25) is 0 Å². The van der Waals surface area contributed by atoms with E-state index in [-0.39, 0.29) is 25.7 Å². The molecule has 1 aliphatic rings. The number of cyclic esters (lactones) is 2. The summed E-state index contributed by atoms with van der Waals surface area (Å²) in [6.45, 7) is 4.18. The van der Waals surface area contributed by atoms with Gasteiger partial charge in [-0.25, -0.2) is 0 Å². The predicted octanol–water partition coefficient (Wildman–Crippen LogP) is 3.27. The minimum absolute atomic E-state index is 0.109. The molecule has 0 amide bonds. The zero-order valence-electron chi connectivity index (χ0n) is 16.3. The average molecular weight is 373 g/mol. The van der Waals surface area contributed by atoms with Crippen molar-refractivity contribution in [1.29, 1.82) is 0 Å². The van der Waals surface area contributed by atoms with Crippen molar-refractivity contribution in [3.8, 4) is 0 Å². The lowest BCUT2D eigenvalue weighted by Crippen LogP contribution is -2.32. The first kappa shape index (κ1) is 22.9. The molecule has 0 aromatic carbocycles. The van der Waals surface area contributed by atoms with Gasteiger partial charge in [-0.05, 0) is 25.7 Å². The third-order valence-corrected chi connectivity index (χ3v) is 4.73. The Labute approximate surface area is 157 Å². The molecule has 1 rings (SSSR count). The van der Waals surface area contributed by atoms with E-state index in [9.17, 15) is 19.8 Å². The van der Waals surface area contributed by atoms with Gasteiger partial charge >= 0.3 is 11.9 Å². The van der Waals surface area contributed by atoms with E-state index in [1.54, 1.807) is 0 Å². The smallest absolute Gasteiger partial charge is 0.308 e. The lowest BCUT2D eigenvalue weighted by Gasteiger charge is -2.25. The third kappa shape index (κ3) is 10.1. The molecule has 4 unspecified atom stereocenters. The number of hydrogen-bond donors (Lipinski definition) is 2. The molecule has 0 aromatic heterocycles. The van der Waals surface area contributed by atoms with E-state index in [4.69, 9.17) is 9.47 Å². The number of unbranched alkanes of at least 4 members (excludes halogenated alkanes) is 4. The molecule has 0 spiro atoms. The van der Waals surface area contributed by atoms with Crippen LogP contribution in [0.5, 0.6) is 0 Å². The van der Waals surface area contributed by atoms with Crippen molar-refractivity contribution in [2.24, 2.45) is 0 Å². The predicted molar refractivity (Wildman–Crippen MR) is 98.5 cm³/mol. The SMILES string of the molecule is CCCCCC1CC(O)CC(=O)OC(CCCCC)CC(O)CC(=O)O1. The van der Waals surface area contributed by atoms with Gasteiger partial charge in [-0.1, -0.05) is 39.5 Å². The van der Waals surface area contributed by atoms with E-state index >= 15 is 0 Å². The minimum atomic E-state index is -0.887. The van der Waals surface area contributed by atoms with Gasteiger partial charge in [0, 0.05) is 12.8 Å². The van der Waals surface area contributed by atoms with Crippen molar-refractivity contribution < 1.29 is 29.3 Å². The summed E-state index contributed by atoms with van der Waals surface area (Å²) >= 11 is 0. The molecule has 6 nitrogen and oxygen atoms in total. The van der Waals surface area contributed by atoms with Gasteiger partial charge in [0.1, 0.15) is 12.2 Å². The molecule has 0 bridgehead atoms. The lowest BCUT2D eigenvalue weighted by atomic mass is 10.0. The molecule has 1 saturated heterocycles. The highest BCUT2D eigenvalue weighted by Gasteiger charge is 2.27. The van der Waals surface area contributed by atoms with Crippen molar-refractivity contribution in [2.45, 2.75) is 115 Å². The van der Waals surface area contributed by atoms with Gasteiger partial charge in [-0.3, -0.25) is 9.59 Å². The minimum Gasteiger partial charge on any atom is -0.462 e. The molecule has 1 aliphatic heterocycles. The second kappa shape index (κ2) is 13.1. The second-order valence-corrected chi connectivity index (χ2v) is 7.40. The highest BCUT2D eigenvalue weighted by Crippen LogP contribution is 2.20. The first-order valence-corrected chi connectivity index (χ1v) is 10.2. The van der Waals surface area contributed by atoms with Crippen LogP contribution in [0.1, 0.15) is 90.9 Å². The first-order chi connectivity index (χ1) is 12.4. The Bertz CT molecular complexity index is 373. The summed E-state index contributed by atoms with van der Waals surface area (Å²) in [5, 5.41) is 20.4. The number of esters is 2. The quantitative estimate of drug-likeness (QED) is 0.502. The lowest BCUT2D eigenvalue weighted by molar-refractivity contribution is -0.159. The van der Waals surface area contributed by atoms with Crippen molar-refractivity contribution in [3.05, 3.63) is 0 Å². The number of hydrogen-bond acceptors (Lipinski definition) is 6. The fraction of sp³-hybridized carbons (Fsp3) is 0.900. The van der Waals surface area contributed by atoms with Gasteiger partial charge < -0.3 is 19.7 Å². The van der Waals surface area contributed by atoms with E-state index in [0.29, 0.717) is 12.8 Å². The van der Waals surface area contributed by atoms with Crippen molar-refractivity contribution in [3.63, 3.8) is 0 Å². The Morgan fingerprint density at radius 2 is 1.15 bits per heavy atom. The number of carbonyl (C=O) groups is 2. The maximum Gasteiger partial charge on any atom is 0.308 e. The monoisotopic (exact) mass is 372 g/mol. The van der Waals surface area contributed by atoms with Gasteiger partial charge in [-0.2, -0.15) is 0 Å². The molecule has 0 aromatic rings. The number of aliphatic hydroxyl groups excluding tert-OH is 2. The van der Waals surface area contributed by atoms with Crippen LogP contribution >= 0.6 is 0 Å². The number of ether oxygens (including phenoxy) is 2. The Kier molecular flexibility index (Phi) is 11.5. The average Bonchev–Trinajstić information content (AvgIpc) is 2.53. The van der Waals surface area contributed by atoms with E-state index in [1.165, 1.54) is 0 Å². The van der Waals surface area contributed by atoms with E-state index in [1.807, 2.05) is 0 Å². The summed E-state index contributed by atoms with van der Waals surface area (Å²) < 4.78 is 10.9. The van der Waals surface area contributed by atoms with Gasteiger partial charge in [0.15, 0.2) is 0 Å². The largest absolute Gasteiger partial charge is 0.462 e. The maximum atomic E-state index is 12.1. The van der Waals surface area contributed by atoms with Crippen LogP contribution in [-0.4, -0.2) is 46.6 Å². The zero-order valence-corrected chi connectivity index (χ0v) is 16.3. The summed E-state index contributed by atoms with van der Waals surface area (Å²) in [7, 11) is 0. The van der Waals surface area contributed by atoms with Crippen LogP contribution in [0.15, 0.2) is 0 Å². The standard InChI is InChI=1S/C20H36O6/c1-3-5-7-9-17-11-15(21)13-20(24)26-18(10-8-6-4-2)12-16(22)14-19(23)25-17/h15-18,21-22H,3-14H2,1-2H3. The van der Waals surface area contributed by atoms with Gasteiger partial charge in [0.05, 0.1) is 25.0 Å². The normalized spacial score (nSPS) is 28.6. The molecule has 6 heteroatoms. The second-order valence-electron chi connectivity index (χ2n) is 7.40. The number of rotatable bonds is 8. The summed E-state index contributed by atoms with van der Waals surface area (Å²) in [6, 6.07) is 0. The Hall–Kier alpha value is -1.14. The topological polar surface area (TPSA) is 93.1 Å². The fourth-order valence-corrected chi connectivity index (χ4v) is 3.32. The van der Waals surface area contributed by atoms with Crippen LogP contribution in [0.3, 0.4) is 0 Å². The summed E-state index contributed by atoms with van der Waals surface area (Å²) in [5.74, 6) is -0.907. The zero-order chi connectivity index (χ0) is 19.4. The molecular weight excluding hydrogens is 336 g/mol. The first-order valence-electron chi connectivity index (χ1n) is 10.2. The highest BCUT2D eigenvalue weighted by molar-refractivity contribution is 5.71. The van der Waals surface area contributed by atoms with Crippen molar-refractivity contribution in [1.82, 2.24) is 0 Å². The van der Waals surface area contributed by atoms with Gasteiger partial charge in [-0.15, -0.1) is 0 Å². The van der Waals surface area contributed by atoms with Crippen LogP contribution in [-0.2, 0) is 19.1 Å². The Morgan fingerprint density at radius 3 is 1.50 bits per heavy atom. The fourth-order valence-electron chi connectivity index (χ4n) is 3.32. The van der Waals surface area contributed by atoms with Gasteiger partial charge in [0.25, 0.3) is 0 Å². The molecule has 4 atom stereocenters. The van der Waals surface area contributed by atoms with Gasteiger partial charge in [0.2, 0.25) is 0 Å². The number of aliphatic hydroxyl groups is 2. The van der Waals surface area contributed by atoms with E-state index in [0.717, 1.165) is 38.5 Å². The molecular formula is C20H36O6. The van der Waals surface area contributed by atoms with Crippen LogP contribution in [0, 0.1) is 0 Å². The summed E-state index contributed by atoms with van der Waals surface area (Å²) in [6.07, 6.45) is 4.85. The van der Waals surface area contributed by atoms with E-state index in [2.05, 4.69) is 13.8 Å². The third-order valence-electron chi connectivity index (χ3n) is 4.73. The molecule has 1 heterocycles. The molecule has 1 fully saturated rings. The molecule has 0 radical (unpaired) electrons. The maximum absolute atomic E-state index is 12.1.